The Bertz CT molecular complexity index is 1060. The maximum Gasteiger partial charge on any atom is 0.255 e. The van der Waals surface area contributed by atoms with Gasteiger partial charge >= 0.3 is 0 Å². The van der Waals surface area contributed by atoms with Crippen LogP contribution in [0, 0.1) is 5.92 Å². The maximum absolute atomic E-state index is 13.2. The van der Waals surface area contributed by atoms with Gasteiger partial charge in [-0.25, -0.2) is 0 Å². The Hall–Kier alpha value is -2.77. The molecule has 0 unspecified atom stereocenters. The van der Waals surface area contributed by atoms with Crippen LogP contribution in [-0.2, 0) is 4.79 Å². The molecule has 0 saturated heterocycles. The van der Waals surface area contributed by atoms with Crippen molar-refractivity contribution in [2.75, 3.05) is 26.2 Å². The molecule has 1 heterocycles. The fourth-order valence-electron chi connectivity index (χ4n) is 3.96. The Morgan fingerprint density at radius 1 is 1.11 bits per heavy atom. The smallest absolute Gasteiger partial charge is 0.255 e. The number of hydrogen-bond donors (Lipinski definition) is 2. The number of fused-ring (bicyclic) bond motifs is 1. The van der Waals surface area contributed by atoms with Gasteiger partial charge in [-0.3, -0.25) is 14.4 Å². The Kier molecular flexibility index (Phi) is 9.81. The number of halogens is 2. The van der Waals surface area contributed by atoms with E-state index < -0.39 is 0 Å². The van der Waals surface area contributed by atoms with Gasteiger partial charge in [-0.05, 0) is 61.6 Å². The topological polar surface area (TPSA) is 87.7 Å². The number of nitrogens with zero attached hydrogens (tertiary/aromatic N) is 1. The predicted octanol–water partition coefficient (Wildman–Crippen LogP) is 4.57. The second kappa shape index (κ2) is 12.8. The highest BCUT2D eigenvalue weighted by Gasteiger charge is 2.23. The van der Waals surface area contributed by atoms with Crippen molar-refractivity contribution in [2.45, 2.75) is 39.2 Å². The van der Waals surface area contributed by atoms with Crippen LogP contribution < -0.4 is 15.4 Å². The molecule has 0 aromatic heterocycles. The molecule has 3 amide bonds. The van der Waals surface area contributed by atoms with Crippen LogP contribution in [0.25, 0.3) is 0 Å². The number of hydrogen-bond acceptors (Lipinski definition) is 4. The van der Waals surface area contributed by atoms with E-state index in [2.05, 4.69) is 24.5 Å². The van der Waals surface area contributed by atoms with Crippen molar-refractivity contribution in [2.24, 2.45) is 5.92 Å². The summed E-state index contributed by atoms with van der Waals surface area (Å²) in [6, 6.07) is 11.3. The second-order valence-electron chi connectivity index (χ2n) is 9.05. The zero-order valence-corrected chi connectivity index (χ0v) is 21.5. The first-order valence-corrected chi connectivity index (χ1v) is 12.5. The van der Waals surface area contributed by atoms with Crippen molar-refractivity contribution in [1.29, 1.82) is 0 Å². The molecule has 7 nitrogen and oxygen atoms in total. The van der Waals surface area contributed by atoms with E-state index in [-0.39, 0.29) is 36.9 Å². The van der Waals surface area contributed by atoms with E-state index in [9.17, 15) is 14.4 Å². The molecule has 9 heteroatoms. The molecule has 0 fully saturated rings. The van der Waals surface area contributed by atoms with Gasteiger partial charge in [0.15, 0.2) is 0 Å². The van der Waals surface area contributed by atoms with Gasteiger partial charge in [0.1, 0.15) is 12.4 Å². The van der Waals surface area contributed by atoms with Gasteiger partial charge in [0, 0.05) is 28.7 Å². The molecule has 1 aliphatic rings. The lowest BCUT2D eigenvalue weighted by Gasteiger charge is -2.25. The van der Waals surface area contributed by atoms with Gasteiger partial charge in [0.2, 0.25) is 5.91 Å². The van der Waals surface area contributed by atoms with Gasteiger partial charge in [0.25, 0.3) is 11.8 Å². The summed E-state index contributed by atoms with van der Waals surface area (Å²) in [6.07, 6.45) is 1.90. The van der Waals surface area contributed by atoms with E-state index in [4.69, 9.17) is 27.9 Å². The van der Waals surface area contributed by atoms with E-state index in [1.807, 2.05) is 0 Å². The lowest BCUT2D eigenvalue weighted by molar-refractivity contribution is -0.122. The van der Waals surface area contributed by atoms with E-state index in [1.165, 1.54) is 4.90 Å². The van der Waals surface area contributed by atoms with Crippen LogP contribution in [0.15, 0.2) is 42.5 Å². The summed E-state index contributed by atoms with van der Waals surface area (Å²) in [5.74, 6) is -0.121. The molecule has 2 aromatic rings. The number of carbonyl (C=O) groups is 3. The summed E-state index contributed by atoms with van der Waals surface area (Å²) in [4.78, 5) is 40.5. The van der Waals surface area contributed by atoms with Crippen LogP contribution >= 0.6 is 23.2 Å². The molecule has 0 spiro atoms. The average Bonchev–Trinajstić information content (AvgIpc) is 2.81. The standard InChI is InChI=1S/C26H31Cl2N3O4/c1-17(2)12-21-16-35-23-9-8-20(28)14-22(23)25(33)29-10-3-4-11-31(15-24(32)30-21)26(34)18-6-5-7-19(27)13-18/h5-9,13-14,17,21H,3-4,10-12,15-16H2,1-2H3,(H,29,33)(H,30,32)/t21-/m0/s1. The summed E-state index contributed by atoms with van der Waals surface area (Å²) in [7, 11) is 0. The van der Waals surface area contributed by atoms with E-state index >= 15 is 0 Å². The first-order valence-electron chi connectivity index (χ1n) is 11.8. The fraction of sp³-hybridized carbons (Fsp3) is 0.423. The van der Waals surface area contributed by atoms with Crippen LogP contribution in [0.2, 0.25) is 10.0 Å². The molecule has 35 heavy (non-hydrogen) atoms. The van der Waals surface area contributed by atoms with E-state index in [0.717, 1.165) is 0 Å². The van der Waals surface area contributed by atoms with E-state index in [1.54, 1.807) is 42.5 Å². The molecule has 0 aliphatic carbocycles. The van der Waals surface area contributed by atoms with Gasteiger partial charge in [-0.15, -0.1) is 0 Å². The third-order valence-electron chi connectivity index (χ3n) is 5.58. The summed E-state index contributed by atoms with van der Waals surface area (Å²) < 4.78 is 5.98. The molecule has 2 N–H and O–H groups in total. The number of carbonyl (C=O) groups excluding carboxylic acids is 3. The number of amides is 3. The molecule has 1 aliphatic heterocycles. The second-order valence-corrected chi connectivity index (χ2v) is 9.92. The average molecular weight is 520 g/mol. The number of nitrogens with one attached hydrogen (secondary N) is 2. The zero-order valence-electron chi connectivity index (χ0n) is 20.0. The number of ether oxygens (including phenoxy) is 1. The van der Waals surface area contributed by atoms with Crippen molar-refractivity contribution in [3.8, 4) is 5.75 Å². The van der Waals surface area contributed by atoms with Crippen molar-refractivity contribution in [3.05, 3.63) is 63.6 Å². The number of benzene rings is 2. The minimum absolute atomic E-state index is 0.0848. The van der Waals surface area contributed by atoms with Crippen LogP contribution in [-0.4, -0.2) is 54.9 Å². The molecule has 0 bridgehead atoms. The van der Waals surface area contributed by atoms with Crippen molar-refractivity contribution < 1.29 is 19.1 Å². The minimum atomic E-state index is -0.303. The third kappa shape index (κ3) is 8.15. The highest BCUT2D eigenvalue weighted by Crippen LogP contribution is 2.24. The highest BCUT2D eigenvalue weighted by molar-refractivity contribution is 6.31. The molecule has 2 aromatic carbocycles. The lowest BCUT2D eigenvalue weighted by Crippen LogP contribution is -2.46. The molecule has 0 radical (unpaired) electrons. The number of rotatable bonds is 3. The monoisotopic (exact) mass is 519 g/mol. The quantitative estimate of drug-likeness (QED) is 0.621. The Morgan fingerprint density at radius 3 is 2.63 bits per heavy atom. The zero-order chi connectivity index (χ0) is 25.4. The summed E-state index contributed by atoms with van der Waals surface area (Å²) >= 11 is 12.2. The van der Waals surface area contributed by atoms with Crippen LogP contribution in [0.4, 0.5) is 0 Å². The predicted molar refractivity (Wildman–Crippen MR) is 137 cm³/mol. The molecular formula is C26H31Cl2N3O4. The summed E-state index contributed by atoms with van der Waals surface area (Å²) in [6.45, 7) is 4.97. The molecule has 0 saturated carbocycles. The van der Waals surface area contributed by atoms with Crippen LogP contribution in [0.1, 0.15) is 53.8 Å². The van der Waals surface area contributed by atoms with E-state index in [0.29, 0.717) is 65.2 Å². The third-order valence-corrected chi connectivity index (χ3v) is 6.05. The summed E-state index contributed by atoms with van der Waals surface area (Å²) in [5.41, 5.74) is 0.769. The van der Waals surface area contributed by atoms with Crippen molar-refractivity contribution in [1.82, 2.24) is 15.5 Å². The SMILES string of the molecule is CC(C)C[C@H]1COc2ccc(Cl)cc2C(=O)NCCCCN(C(=O)c2cccc(Cl)c2)CC(=O)N1. The molecule has 188 valence electrons. The van der Waals surface area contributed by atoms with Gasteiger partial charge in [-0.1, -0.05) is 43.1 Å². The van der Waals surface area contributed by atoms with Gasteiger partial charge in [-0.2, -0.15) is 0 Å². The Labute approximate surface area is 216 Å². The van der Waals surface area contributed by atoms with Crippen molar-refractivity contribution >= 4 is 40.9 Å². The maximum atomic E-state index is 13.2. The van der Waals surface area contributed by atoms with Crippen LogP contribution in [0.5, 0.6) is 5.75 Å². The Balaban J connectivity index is 1.83. The molecule has 1 atom stereocenters. The van der Waals surface area contributed by atoms with Gasteiger partial charge < -0.3 is 20.3 Å². The summed E-state index contributed by atoms with van der Waals surface area (Å²) in [5, 5.41) is 6.79. The minimum Gasteiger partial charge on any atom is -0.491 e. The van der Waals surface area contributed by atoms with Crippen LogP contribution in [0.3, 0.4) is 0 Å². The molecular weight excluding hydrogens is 489 g/mol. The highest BCUT2D eigenvalue weighted by atomic mass is 35.5. The van der Waals surface area contributed by atoms with Crippen molar-refractivity contribution in [3.63, 3.8) is 0 Å². The first kappa shape index (κ1) is 26.8. The first-order chi connectivity index (χ1) is 16.7. The van der Waals surface area contributed by atoms with Gasteiger partial charge in [0.05, 0.1) is 18.2 Å². The lowest BCUT2D eigenvalue weighted by atomic mass is 10.0. The largest absolute Gasteiger partial charge is 0.491 e. The molecule has 3 rings (SSSR count). The normalized spacial score (nSPS) is 18.0. The Morgan fingerprint density at radius 2 is 1.89 bits per heavy atom. The fourth-order valence-corrected chi connectivity index (χ4v) is 4.32.